The van der Waals surface area contributed by atoms with Crippen molar-refractivity contribution in [2.75, 3.05) is 11.9 Å². The van der Waals surface area contributed by atoms with Crippen LogP contribution in [-0.2, 0) is 18.3 Å². The lowest BCUT2D eigenvalue weighted by Gasteiger charge is -2.33. The molecule has 8 nitrogen and oxygen atoms in total. The van der Waals surface area contributed by atoms with Gasteiger partial charge in [-0.15, -0.1) is 0 Å². The highest BCUT2D eigenvalue weighted by atomic mass is 16.4. The largest absolute Gasteiger partial charge is 0.480 e. The summed E-state index contributed by atoms with van der Waals surface area (Å²) >= 11 is 0. The Morgan fingerprint density at radius 1 is 1.09 bits per heavy atom. The van der Waals surface area contributed by atoms with E-state index in [1.807, 2.05) is 30.3 Å². The van der Waals surface area contributed by atoms with Gasteiger partial charge in [0.25, 0.3) is 11.8 Å². The molecule has 1 saturated heterocycles. The smallest absolute Gasteiger partial charge is 0.326 e. The summed E-state index contributed by atoms with van der Waals surface area (Å²) < 4.78 is 1.68. The van der Waals surface area contributed by atoms with Crippen LogP contribution in [0.3, 0.4) is 0 Å². The molecule has 33 heavy (non-hydrogen) atoms. The maximum atomic E-state index is 13.0. The summed E-state index contributed by atoms with van der Waals surface area (Å²) in [6.45, 7) is 0.408. The highest BCUT2D eigenvalue weighted by molar-refractivity contribution is 6.06. The predicted molar refractivity (Wildman–Crippen MR) is 123 cm³/mol. The molecule has 2 amide bonds. The molecule has 2 aromatic carbocycles. The molecule has 2 N–H and O–H groups in total. The van der Waals surface area contributed by atoms with Crippen LogP contribution in [0.2, 0.25) is 0 Å². The van der Waals surface area contributed by atoms with Gasteiger partial charge in [-0.05, 0) is 43.0 Å². The fraction of sp³-hybridized carbons (Fsp3) is 0.280. The second-order valence-electron chi connectivity index (χ2n) is 8.17. The van der Waals surface area contributed by atoms with Crippen LogP contribution in [0.25, 0.3) is 0 Å². The fourth-order valence-electron chi connectivity index (χ4n) is 4.18. The first-order valence-electron chi connectivity index (χ1n) is 10.9. The van der Waals surface area contributed by atoms with Gasteiger partial charge in [-0.25, -0.2) is 4.79 Å². The number of hydrogen-bond donors (Lipinski definition) is 2. The highest BCUT2D eigenvalue weighted by Crippen LogP contribution is 2.22. The van der Waals surface area contributed by atoms with Crippen molar-refractivity contribution < 1.29 is 19.5 Å². The van der Waals surface area contributed by atoms with Crippen LogP contribution >= 0.6 is 0 Å². The number of benzene rings is 2. The summed E-state index contributed by atoms with van der Waals surface area (Å²) in [6, 6.07) is 15.6. The molecule has 8 heteroatoms. The summed E-state index contributed by atoms with van der Waals surface area (Å²) in [5, 5.41) is 16.6. The molecule has 0 saturated carbocycles. The molecule has 0 spiro atoms. The Morgan fingerprint density at radius 2 is 1.88 bits per heavy atom. The summed E-state index contributed by atoms with van der Waals surface area (Å²) in [5.74, 6) is -1.65. The Kier molecular flexibility index (Phi) is 6.53. The standard InChI is InChI=1S/C25H26N4O4/c1-28-22(14-17-8-3-2-4-9-17)20(16-26-28)23(30)27-19-11-7-10-18(15-19)24(31)29-13-6-5-12-21(29)25(32)33/h2-4,7-11,15-16,21H,5-6,12-14H2,1H3,(H,27,30)(H,32,33). The van der Waals surface area contributed by atoms with Gasteiger partial charge in [-0.3, -0.25) is 14.3 Å². The van der Waals surface area contributed by atoms with E-state index in [4.69, 9.17) is 0 Å². The minimum Gasteiger partial charge on any atom is -0.480 e. The Balaban J connectivity index is 1.52. The Morgan fingerprint density at radius 3 is 2.64 bits per heavy atom. The maximum absolute atomic E-state index is 13.0. The molecule has 1 aliphatic heterocycles. The lowest BCUT2D eigenvalue weighted by Crippen LogP contribution is -2.48. The van der Waals surface area contributed by atoms with Crippen molar-refractivity contribution in [3.63, 3.8) is 0 Å². The van der Waals surface area contributed by atoms with Crippen LogP contribution in [-0.4, -0.2) is 50.2 Å². The number of aliphatic carboxylic acids is 1. The number of carbonyl (C=O) groups excluding carboxylic acids is 2. The molecule has 170 valence electrons. The van der Waals surface area contributed by atoms with Gasteiger partial charge in [0, 0.05) is 31.3 Å². The molecular formula is C25H26N4O4. The second kappa shape index (κ2) is 9.68. The fourth-order valence-corrected chi connectivity index (χ4v) is 4.18. The molecule has 2 heterocycles. The van der Waals surface area contributed by atoms with E-state index in [0.717, 1.165) is 24.1 Å². The van der Waals surface area contributed by atoms with E-state index in [0.29, 0.717) is 36.2 Å². The summed E-state index contributed by atoms with van der Waals surface area (Å²) in [4.78, 5) is 39.0. The number of aryl methyl sites for hydroxylation is 1. The number of nitrogens with one attached hydrogen (secondary N) is 1. The van der Waals surface area contributed by atoms with Crippen molar-refractivity contribution in [3.8, 4) is 0 Å². The maximum Gasteiger partial charge on any atom is 0.326 e. The van der Waals surface area contributed by atoms with Gasteiger partial charge < -0.3 is 15.3 Å². The lowest BCUT2D eigenvalue weighted by molar-refractivity contribution is -0.143. The number of likely N-dealkylation sites (tertiary alicyclic amines) is 1. The number of rotatable bonds is 6. The first-order valence-corrected chi connectivity index (χ1v) is 10.9. The van der Waals surface area contributed by atoms with Gasteiger partial charge in [0.15, 0.2) is 0 Å². The van der Waals surface area contributed by atoms with Crippen molar-refractivity contribution in [2.24, 2.45) is 7.05 Å². The van der Waals surface area contributed by atoms with E-state index >= 15 is 0 Å². The van der Waals surface area contributed by atoms with Crippen LogP contribution < -0.4 is 5.32 Å². The molecule has 1 fully saturated rings. The molecule has 0 aliphatic carbocycles. The topological polar surface area (TPSA) is 105 Å². The number of aromatic nitrogens is 2. The molecule has 1 aliphatic rings. The minimum absolute atomic E-state index is 0.319. The molecule has 4 rings (SSSR count). The normalized spacial score (nSPS) is 15.8. The number of nitrogens with zero attached hydrogens (tertiary/aromatic N) is 3. The number of carboxylic acids is 1. The summed E-state index contributed by atoms with van der Waals surface area (Å²) in [7, 11) is 1.80. The van der Waals surface area contributed by atoms with Crippen LogP contribution in [0, 0.1) is 0 Å². The molecule has 0 bridgehead atoms. The zero-order valence-corrected chi connectivity index (χ0v) is 18.4. The van der Waals surface area contributed by atoms with Crippen molar-refractivity contribution in [3.05, 3.63) is 83.2 Å². The molecule has 0 radical (unpaired) electrons. The zero-order chi connectivity index (χ0) is 23.4. The van der Waals surface area contributed by atoms with E-state index in [2.05, 4.69) is 10.4 Å². The summed E-state index contributed by atoms with van der Waals surface area (Å²) in [5.41, 5.74) is 3.11. The van der Waals surface area contributed by atoms with Crippen LogP contribution in [0.15, 0.2) is 60.8 Å². The van der Waals surface area contributed by atoms with Crippen molar-refractivity contribution >= 4 is 23.5 Å². The predicted octanol–water partition coefficient (Wildman–Crippen LogP) is 3.34. The van der Waals surface area contributed by atoms with Gasteiger partial charge in [0.05, 0.1) is 17.5 Å². The quantitative estimate of drug-likeness (QED) is 0.604. The van der Waals surface area contributed by atoms with Crippen LogP contribution in [0.1, 0.15) is 51.2 Å². The monoisotopic (exact) mass is 446 g/mol. The average Bonchev–Trinajstić information content (AvgIpc) is 3.19. The van der Waals surface area contributed by atoms with Gasteiger partial charge in [-0.2, -0.15) is 5.10 Å². The highest BCUT2D eigenvalue weighted by Gasteiger charge is 2.32. The second-order valence-corrected chi connectivity index (χ2v) is 8.17. The average molecular weight is 447 g/mol. The molecule has 3 aromatic rings. The number of amides is 2. The van der Waals surface area contributed by atoms with Crippen LogP contribution in [0.4, 0.5) is 5.69 Å². The third-order valence-corrected chi connectivity index (χ3v) is 5.94. The van der Waals surface area contributed by atoms with E-state index < -0.39 is 12.0 Å². The first kappa shape index (κ1) is 22.3. The van der Waals surface area contributed by atoms with Gasteiger partial charge >= 0.3 is 5.97 Å². The SMILES string of the molecule is Cn1ncc(C(=O)Nc2cccc(C(=O)N3CCCCC3C(=O)O)c2)c1Cc1ccccc1. The van der Waals surface area contributed by atoms with Crippen molar-refractivity contribution in [2.45, 2.75) is 31.7 Å². The lowest BCUT2D eigenvalue weighted by atomic mass is 10.0. The molecule has 1 atom stereocenters. The number of hydrogen-bond acceptors (Lipinski definition) is 4. The Labute approximate surface area is 191 Å². The molecule has 1 aromatic heterocycles. The number of anilines is 1. The van der Waals surface area contributed by atoms with E-state index in [1.165, 1.54) is 11.1 Å². The van der Waals surface area contributed by atoms with Crippen molar-refractivity contribution in [1.82, 2.24) is 14.7 Å². The number of piperidine rings is 1. The first-order chi connectivity index (χ1) is 15.9. The summed E-state index contributed by atoms with van der Waals surface area (Å²) in [6.07, 6.45) is 4.10. The van der Waals surface area contributed by atoms with E-state index in [9.17, 15) is 19.5 Å². The van der Waals surface area contributed by atoms with Gasteiger partial charge in [0.1, 0.15) is 6.04 Å². The third-order valence-electron chi connectivity index (χ3n) is 5.94. The number of carboxylic acid groups (broad SMARTS) is 1. The van der Waals surface area contributed by atoms with Crippen molar-refractivity contribution in [1.29, 1.82) is 0 Å². The van der Waals surface area contributed by atoms with Crippen LogP contribution in [0.5, 0.6) is 0 Å². The number of carbonyl (C=O) groups is 3. The van der Waals surface area contributed by atoms with E-state index in [-0.39, 0.29) is 11.8 Å². The van der Waals surface area contributed by atoms with Gasteiger partial charge in [-0.1, -0.05) is 36.4 Å². The third kappa shape index (κ3) is 4.95. The zero-order valence-electron chi connectivity index (χ0n) is 18.4. The minimum atomic E-state index is -0.991. The molecule has 1 unspecified atom stereocenters. The van der Waals surface area contributed by atoms with E-state index in [1.54, 1.807) is 36.0 Å². The Bertz CT molecular complexity index is 1170. The Hall–Kier alpha value is -3.94. The molecular weight excluding hydrogens is 420 g/mol. The van der Waals surface area contributed by atoms with Gasteiger partial charge in [0.2, 0.25) is 0 Å².